The molecule has 0 bridgehead atoms. The third kappa shape index (κ3) is 4.67. The molecule has 1 atom stereocenters. The summed E-state index contributed by atoms with van der Waals surface area (Å²) in [6, 6.07) is 7.98. The standard InChI is InChI=1S/C19H15F3N2O4/c1-11-6-7-15(26-11)8-9-16(25)27-12(2)18-23-17(24-28-18)13-4-3-5-14(10-13)19(20,21)22/h3-10,12H,1-2H3/b9-8+. The molecule has 2 aromatic heterocycles. The van der Waals surface area contributed by atoms with Crippen molar-refractivity contribution in [2.45, 2.75) is 26.1 Å². The Balaban J connectivity index is 1.68. The highest BCUT2D eigenvalue weighted by Gasteiger charge is 2.31. The molecule has 3 aromatic rings. The van der Waals surface area contributed by atoms with Crippen LogP contribution >= 0.6 is 0 Å². The van der Waals surface area contributed by atoms with Crippen LogP contribution in [0.2, 0.25) is 0 Å². The van der Waals surface area contributed by atoms with Crippen molar-refractivity contribution in [1.29, 1.82) is 0 Å². The molecule has 0 spiro atoms. The Morgan fingerprint density at radius 3 is 2.71 bits per heavy atom. The van der Waals surface area contributed by atoms with Gasteiger partial charge in [-0.05, 0) is 44.2 Å². The maximum atomic E-state index is 12.8. The SMILES string of the molecule is Cc1ccc(/C=C/C(=O)OC(C)c2nc(-c3cccc(C(F)(F)F)c3)no2)o1. The Kier molecular flexibility index (Phi) is 5.34. The van der Waals surface area contributed by atoms with Gasteiger partial charge in [0.05, 0.1) is 5.56 Å². The molecule has 28 heavy (non-hydrogen) atoms. The summed E-state index contributed by atoms with van der Waals surface area (Å²) in [6.45, 7) is 3.28. The fourth-order valence-electron chi connectivity index (χ4n) is 2.31. The monoisotopic (exact) mass is 392 g/mol. The van der Waals surface area contributed by atoms with Crippen molar-refractivity contribution in [3.8, 4) is 11.4 Å². The van der Waals surface area contributed by atoms with Crippen molar-refractivity contribution >= 4 is 12.0 Å². The van der Waals surface area contributed by atoms with E-state index in [-0.39, 0.29) is 17.3 Å². The Morgan fingerprint density at radius 2 is 2.04 bits per heavy atom. The molecule has 0 aliphatic heterocycles. The molecule has 6 nitrogen and oxygen atoms in total. The second kappa shape index (κ2) is 7.71. The zero-order valence-corrected chi connectivity index (χ0v) is 14.9. The number of aromatic nitrogens is 2. The number of aryl methyl sites for hydroxylation is 1. The molecule has 0 N–H and O–H groups in total. The smallest absolute Gasteiger partial charge is 0.416 e. The van der Waals surface area contributed by atoms with Crippen LogP contribution in [0.15, 0.2) is 51.4 Å². The minimum Gasteiger partial charge on any atom is -0.462 e. The molecule has 0 radical (unpaired) electrons. The largest absolute Gasteiger partial charge is 0.462 e. The quantitative estimate of drug-likeness (QED) is 0.450. The number of hydrogen-bond donors (Lipinski definition) is 0. The van der Waals surface area contributed by atoms with Gasteiger partial charge in [0.2, 0.25) is 5.82 Å². The molecule has 1 aromatic carbocycles. The van der Waals surface area contributed by atoms with Gasteiger partial charge in [-0.1, -0.05) is 17.3 Å². The summed E-state index contributed by atoms with van der Waals surface area (Å²) in [5.74, 6) is 0.454. The number of nitrogens with zero attached hydrogens (tertiary/aromatic N) is 2. The molecule has 9 heteroatoms. The first-order chi connectivity index (χ1) is 13.2. The molecule has 146 valence electrons. The predicted octanol–water partition coefficient (Wildman–Crippen LogP) is 4.97. The molecule has 3 rings (SSSR count). The maximum Gasteiger partial charge on any atom is 0.416 e. The van der Waals surface area contributed by atoms with Crippen LogP contribution in [-0.4, -0.2) is 16.1 Å². The molecule has 0 aliphatic rings. The summed E-state index contributed by atoms with van der Waals surface area (Å²) in [6.07, 6.45) is -2.74. The van der Waals surface area contributed by atoms with E-state index in [2.05, 4.69) is 10.1 Å². The lowest BCUT2D eigenvalue weighted by Crippen LogP contribution is -2.06. The molecule has 0 saturated heterocycles. The minimum absolute atomic E-state index is 0.0365. The van der Waals surface area contributed by atoms with E-state index in [1.807, 2.05) is 0 Å². The summed E-state index contributed by atoms with van der Waals surface area (Å²) < 4.78 is 53.9. The van der Waals surface area contributed by atoms with Crippen molar-refractivity contribution in [3.05, 3.63) is 65.4 Å². The number of halogens is 3. The number of esters is 1. The highest BCUT2D eigenvalue weighted by Crippen LogP contribution is 2.31. The highest BCUT2D eigenvalue weighted by molar-refractivity contribution is 5.86. The maximum absolute atomic E-state index is 12.8. The van der Waals surface area contributed by atoms with E-state index in [9.17, 15) is 18.0 Å². The van der Waals surface area contributed by atoms with Gasteiger partial charge in [-0.15, -0.1) is 0 Å². The number of ether oxygens (including phenoxy) is 1. The fourth-order valence-corrected chi connectivity index (χ4v) is 2.31. The van der Waals surface area contributed by atoms with Crippen LogP contribution in [0.5, 0.6) is 0 Å². The van der Waals surface area contributed by atoms with Gasteiger partial charge >= 0.3 is 12.1 Å². The first-order valence-corrected chi connectivity index (χ1v) is 8.19. The van der Waals surface area contributed by atoms with E-state index in [1.165, 1.54) is 31.2 Å². The van der Waals surface area contributed by atoms with Crippen molar-refractivity contribution in [2.75, 3.05) is 0 Å². The van der Waals surface area contributed by atoms with E-state index in [4.69, 9.17) is 13.7 Å². The lowest BCUT2D eigenvalue weighted by atomic mass is 10.1. The first-order valence-electron chi connectivity index (χ1n) is 8.19. The molecule has 0 amide bonds. The molecule has 0 fully saturated rings. The first kappa shape index (κ1) is 19.4. The molecule has 0 saturated carbocycles. The number of hydrogen-bond acceptors (Lipinski definition) is 6. The predicted molar refractivity (Wildman–Crippen MR) is 91.7 cm³/mol. The van der Waals surface area contributed by atoms with Crippen molar-refractivity contribution in [1.82, 2.24) is 10.1 Å². The summed E-state index contributed by atoms with van der Waals surface area (Å²) in [4.78, 5) is 15.9. The number of benzene rings is 1. The van der Waals surface area contributed by atoms with Gasteiger partial charge < -0.3 is 13.7 Å². The summed E-state index contributed by atoms with van der Waals surface area (Å²) in [7, 11) is 0. The minimum atomic E-state index is -4.48. The van der Waals surface area contributed by atoms with Gasteiger partial charge in [0.15, 0.2) is 6.10 Å². The average Bonchev–Trinajstić information content (AvgIpc) is 3.28. The second-order valence-corrected chi connectivity index (χ2v) is 5.90. The third-order valence-electron chi connectivity index (χ3n) is 3.68. The van der Waals surface area contributed by atoms with Crippen LogP contribution in [0.1, 0.15) is 36.0 Å². The number of carbonyl (C=O) groups is 1. The van der Waals surface area contributed by atoms with E-state index >= 15 is 0 Å². The van der Waals surface area contributed by atoms with Crippen LogP contribution in [-0.2, 0) is 15.7 Å². The Hall–Kier alpha value is -3.36. The van der Waals surface area contributed by atoms with Crippen molar-refractivity contribution in [3.63, 3.8) is 0 Å². The van der Waals surface area contributed by atoms with Crippen LogP contribution in [0, 0.1) is 6.92 Å². The van der Waals surface area contributed by atoms with Gasteiger partial charge in [0.25, 0.3) is 5.89 Å². The number of rotatable bonds is 5. The van der Waals surface area contributed by atoms with E-state index < -0.39 is 23.8 Å². The Bertz CT molecular complexity index is 1000. The third-order valence-corrected chi connectivity index (χ3v) is 3.68. The molecule has 2 heterocycles. The van der Waals surface area contributed by atoms with Crippen LogP contribution in [0.25, 0.3) is 17.5 Å². The molecule has 1 unspecified atom stereocenters. The lowest BCUT2D eigenvalue weighted by molar-refractivity contribution is -0.143. The Labute approximate surface area is 157 Å². The zero-order chi connectivity index (χ0) is 20.3. The van der Waals surface area contributed by atoms with Crippen LogP contribution in [0.4, 0.5) is 13.2 Å². The van der Waals surface area contributed by atoms with Crippen molar-refractivity contribution < 1.29 is 31.6 Å². The fraction of sp³-hybridized carbons (Fsp3) is 0.211. The van der Waals surface area contributed by atoms with Gasteiger partial charge in [-0.25, -0.2) is 4.79 Å². The highest BCUT2D eigenvalue weighted by atomic mass is 19.4. The Morgan fingerprint density at radius 1 is 1.25 bits per heavy atom. The molecule has 0 aliphatic carbocycles. The van der Waals surface area contributed by atoms with Gasteiger partial charge in [-0.2, -0.15) is 18.2 Å². The second-order valence-electron chi connectivity index (χ2n) is 5.90. The van der Waals surface area contributed by atoms with Gasteiger partial charge in [0, 0.05) is 11.6 Å². The number of alkyl halides is 3. The van der Waals surface area contributed by atoms with E-state index in [0.717, 1.165) is 12.1 Å². The molecular formula is C19H15F3N2O4. The van der Waals surface area contributed by atoms with Crippen molar-refractivity contribution in [2.24, 2.45) is 0 Å². The summed E-state index contributed by atoms with van der Waals surface area (Å²) in [5.41, 5.74) is -0.689. The van der Waals surface area contributed by atoms with E-state index in [1.54, 1.807) is 19.1 Å². The number of furan rings is 1. The summed E-state index contributed by atoms with van der Waals surface area (Å²) in [5, 5.41) is 3.66. The average molecular weight is 392 g/mol. The van der Waals surface area contributed by atoms with Gasteiger partial charge in [-0.3, -0.25) is 0 Å². The van der Waals surface area contributed by atoms with E-state index in [0.29, 0.717) is 11.5 Å². The molecular weight excluding hydrogens is 377 g/mol. The van der Waals surface area contributed by atoms with Crippen LogP contribution in [0.3, 0.4) is 0 Å². The zero-order valence-electron chi connectivity index (χ0n) is 14.9. The van der Waals surface area contributed by atoms with Crippen LogP contribution < -0.4 is 0 Å². The topological polar surface area (TPSA) is 78.4 Å². The van der Waals surface area contributed by atoms with Gasteiger partial charge in [0.1, 0.15) is 11.5 Å². The number of carbonyl (C=O) groups excluding carboxylic acids is 1. The summed E-state index contributed by atoms with van der Waals surface area (Å²) >= 11 is 0. The lowest BCUT2D eigenvalue weighted by Gasteiger charge is -2.07. The normalized spacial score (nSPS) is 13.0.